The second-order valence-electron chi connectivity index (χ2n) is 9.20. The molecule has 1 atom stereocenters. The molecular formula is C25H27FIN3O2. The van der Waals surface area contributed by atoms with E-state index in [9.17, 15) is 9.18 Å². The molecule has 1 N–H and O–H groups in total. The van der Waals surface area contributed by atoms with Crippen LogP contribution in [-0.2, 0) is 4.74 Å². The monoisotopic (exact) mass is 547 g/mol. The molecule has 1 amide bonds. The molecule has 0 spiro atoms. The lowest BCUT2D eigenvalue weighted by Gasteiger charge is -2.27. The average Bonchev–Trinajstić information content (AvgIpc) is 3.38. The van der Waals surface area contributed by atoms with Gasteiger partial charge in [0.25, 0.3) is 0 Å². The zero-order chi connectivity index (χ0) is 23.0. The van der Waals surface area contributed by atoms with Gasteiger partial charge in [-0.05, 0) is 86.4 Å². The number of halogens is 2. The maximum absolute atomic E-state index is 14.8. The Balaban J connectivity index is 1.64. The summed E-state index contributed by atoms with van der Waals surface area (Å²) < 4.78 is 21.0. The van der Waals surface area contributed by atoms with Crippen molar-refractivity contribution in [3.8, 4) is 22.4 Å². The molecule has 1 saturated heterocycles. The van der Waals surface area contributed by atoms with Crippen LogP contribution in [-0.4, -0.2) is 33.1 Å². The maximum atomic E-state index is 14.8. The Morgan fingerprint density at radius 2 is 1.94 bits per heavy atom. The van der Waals surface area contributed by atoms with Gasteiger partial charge in [0.2, 0.25) is 0 Å². The summed E-state index contributed by atoms with van der Waals surface area (Å²) in [5.41, 5.74) is 3.85. The van der Waals surface area contributed by atoms with E-state index in [1.807, 2.05) is 58.0 Å². The van der Waals surface area contributed by atoms with Crippen molar-refractivity contribution >= 4 is 28.7 Å². The number of hydrogen-bond acceptors (Lipinski definition) is 3. The van der Waals surface area contributed by atoms with Crippen LogP contribution in [0.1, 0.15) is 51.0 Å². The number of aryl methyl sites for hydroxylation is 1. The number of H-pyrrole nitrogens is 1. The van der Waals surface area contributed by atoms with Gasteiger partial charge in [0.1, 0.15) is 17.2 Å². The number of imidazole rings is 1. The van der Waals surface area contributed by atoms with Gasteiger partial charge in [-0.25, -0.2) is 14.2 Å². The number of ether oxygens (including phenoxy) is 1. The van der Waals surface area contributed by atoms with Crippen molar-refractivity contribution in [2.24, 2.45) is 0 Å². The standard InChI is InChI=1S/C25H27FIN3O2/c1-15-7-9-16(10-8-15)18-12-17(13-19(26)22(18)27)20-14-28-23(29-20)21-6-5-11-30(21)24(31)32-25(2,3)4/h7-10,12-14,21H,5-6,11H2,1-4H3,(H,28,29)/t21-/m0/s1. The number of carbonyl (C=O) groups is 1. The molecule has 168 valence electrons. The van der Waals surface area contributed by atoms with Gasteiger partial charge in [-0.1, -0.05) is 29.8 Å². The summed E-state index contributed by atoms with van der Waals surface area (Å²) in [7, 11) is 0. The Morgan fingerprint density at radius 3 is 2.62 bits per heavy atom. The van der Waals surface area contributed by atoms with E-state index >= 15 is 0 Å². The Kier molecular flexibility index (Phi) is 6.29. The predicted molar refractivity (Wildman–Crippen MR) is 132 cm³/mol. The highest BCUT2D eigenvalue weighted by atomic mass is 127. The molecule has 5 nitrogen and oxygen atoms in total. The fourth-order valence-corrected chi connectivity index (χ4v) is 4.55. The minimum atomic E-state index is -0.552. The molecule has 2 aromatic carbocycles. The van der Waals surface area contributed by atoms with E-state index in [0.29, 0.717) is 15.9 Å². The van der Waals surface area contributed by atoms with Crippen LogP contribution in [0, 0.1) is 16.3 Å². The molecule has 2 heterocycles. The number of carbonyl (C=O) groups excluding carboxylic acids is 1. The number of rotatable bonds is 3. The zero-order valence-electron chi connectivity index (χ0n) is 18.7. The molecule has 1 fully saturated rings. The third kappa shape index (κ3) is 4.82. The second kappa shape index (κ2) is 8.84. The molecule has 0 radical (unpaired) electrons. The molecule has 0 bridgehead atoms. The van der Waals surface area contributed by atoms with Gasteiger partial charge in [0, 0.05) is 12.1 Å². The molecule has 32 heavy (non-hydrogen) atoms. The number of aromatic amines is 1. The lowest BCUT2D eigenvalue weighted by Crippen LogP contribution is -2.36. The van der Waals surface area contributed by atoms with Gasteiger partial charge in [-0.2, -0.15) is 0 Å². The number of nitrogens with zero attached hydrogens (tertiary/aromatic N) is 2. The Labute approximate surface area is 201 Å². The fraction of sp³-hybridized carbons (Fsp3) is 0.360. The smallest absolute Gasteiger partial charge is 0.410 e. The number of amides is 1. The summed E-state index contributed by atoms with van der Waals surface area (Å²) in [5, 5.41) is 0. The molecule has 1 aliphatic heterocycles. The number of hydrogen-bond donors (Lipinski definition) is 1. The van der Waals surface area contributed by atoms with E-state index in [-0.39, 0.29) is 18.0 Å². The second-order valence-corrected chi connectivity index (χ2v) is 10.3. The van der Waals surface area contributed by atoms with E-state index < -0.39 is 5.60 Å². The first kappa shape index (κ1) is 22.8. The van der Waals surface area contributed by atoms with Crippen molar-refractivity contribution in [1.29, 1.82) is 0 Å². The van der Waals surface area contributed by atoms with Crippen molar-refractivity contribution in [2.75, 3.05) is 6.54 Å². The average molecular weight is 547 g/mol. The van der Waals surface area contributed by atoms with Crippen molar-refractivity contribution in [3.63, 3.8) is 0 Å². The van der Waals surface area contributed by atoms with Gasteiger partial charge in [-0.3, -0.25) is 4.90 Å². The Morgan fingerprint density at radius 1 is 1.22 bits per heavy atom. The maximum Gasteiger partial charge on any atom is 0.410 e. The van der Waals surface area contributed by atoms with Gasteiger partial charge in [0.15, 0.2) is 0 Å². The fourth-order valence-electron chi connectivity index (χ4n) is 3.93. The van der Waals surface area contributed by atoms with Crippen LogP contribution in [0.15, 0.2) is 42.6 Å². The van der Waals surface area contributed by atoms with Crippen molar-refractivity contribution in [2.45, 2.75) is 52.2 Å². The van der Waals surface area contributed by atoms with Crippen molar-refractivity contribution in [3.05, 3.63) is 63.4 Å². The van der Waals surface area contributed by atoms with E-state index in [1.165, 1.54) is 6.07 Å². The summed E-state index contributed by atoms with van der Waals surface area (Å²) in [6, 6.07) is 11.4. The molecule has 7 heteroatoms. The van der Waals surface area contributed by atoms with Crippen LogP contribution in [0.25, 0.3) is 22.4 Å². The topological polar surface area (TPSA) is 58.2 Å². The summed E-state index contributed by atoms with van der Waals surface area (Å²) in [6.07, 6.45) is 3.07. The van der Waals surface area contributed by atoms with Crippen molar-refractivity contribution in [1.82, 2.24) is 14.9 Å². The third-order valence-corrected chi connectivity index (χ3v) is 6.59. The zero-order valence-corrected chi connectivity index (χ0v) is 20.9. The largest absolute Gasteiger partial charge is 0.444 e. The third-order valence-electron chi connectivity index (χ3n) is 5.49. The lowest BCUT2D eigenvalue weighted by atomic mass is 10.0. The van der Waals surface area contributed by atoms with E-state index in [1.54, 1.807) is 11.1 Å². The first-order valence-corrected chi connectivity index (χ1v) is 11.8. The van der Waals surface area contributed by atoms with E-state index in [2.05, 4.69) is 32.6 Å². The van der Waals surface area contributed by atoms with E-state index in [4.69, 9.17) is 4.74 Å². The molecule has 3 aromatic rings. The quantitative estimate of drug-likeness (QED) is 0.365. The summed E-state index contributed by atoms with van der Waals surface area (Å²) in [5.74, 6) is 0.422. The summed E-state index contributed by atoms with van der Waals surface area (Å²) in [4.78, 5) is 22.2. The molecule has 0 saturated carbocycles. The highest BCUT2D eigenvalue weighted by Crippen LogP contribution is 2.35. The van der Waals surface area contributed by atoms with Crippen LogP contribution in [0.5, 0.6) is 0 Å². The molecule has 0 aliphatic carbocycles. The van der Waals surface area contributed by atoms with Crippen molar-refractivity contribution < 1.29 is 13.9 Å². The molecule has 0 unspecified atom stereocenters. The Bertz CT molecular complexity index is 1140. The molecule has 1 aliphatic rings. The number of aromatic nitrogens is 2. The number of likely N-dealkylation sites (tertiary alicyclic amines) is 1. The predicted octanol–water partition coefficient (Wildman–Crippen LogP) is 6.87. The highest BCUT2D eigenvalue weighted by Gasteiger charge is 2.34. The number of benzene rings is 2. The first-order chi connectivity index (χ1) is 15.1. The van der Waals surface area contributed by atoms with Gasteiger partial charge in [-0.15, -0.1) is 0 Å². The van der Waals surface area contributed by atoms with Gasteiger partial charge in [0.05, 0.1) is 21.5 Å². The SMILES string of the molecule is Cc1ccc(-c2cc(-c3cnc([C@@H]4CCCN4C(=O)OC(C)(C)C)[nH]3)cc(F)c2I)cc1. The van der Waals surface area contributed by atoms with Crippen LogP contribution in [0.3, 0.4) is 0 Å². The summed E-state index contributed by atoms with van der Waals surface area (Å²) >= 11 is 2.05. The van der Waals surface area contributed by atoms with Gasteiger partial charge >= 0.3 is 6.09 Å². The van der Waals surface area contributed by atoms with Crippen LogP contribution >= 0.6 is 22.6 Å². The minimum Gasteiger partial charge on any atom is -0.444 e. The van der Waals surface area contributed by atoms with Gasteiger partial charge < -0.3 is 9.72 Å². The highest BCUT2D eigenvalue weighted by molar-refractivity contribution is 14.1. The minimum absolute atomic E-state index is 0.177. The van der Waals surface area contributed by atoms with E-state index in [0.717, 1.165) is 40.8 Å². The molecular weight excluding hydrogens is 520 g/mol. The van der Waals surface area contributed by atoms with Crippen LogP contribution < -0.4 is 0 Å². The lowest BCUT2D eigenvalue weighted by molar-refractivity contribution is 0.0218. The molecule has 1 aromatic heterocycles. The summed E-state index contributed by atoms with van der Waals surface area (Å²) in [6.45, 7) is 8.24. The number of nitrogens with one attached hydrogen (secondary N) is 1. The normalized spacial score (nSPS) is 16.4. The molecule has 4 rings (SSSR count). The van der Waals surface area contributed by atoms with Crippen LogP contribution in [0.4, 0.5) is 9.18 Å². The first-order valence-electron chi connectivity index (χ1n) is 10.7. The Hall–Kier alpha value is -2.42. The van der Waals surface area contributed by atoms with Crippen LogP contribution in [0.2, 0.25) is 0 Å².